The van der Waals surface area contributed by atoms with Crippen LogP contribution in [-0.2, 0) is 32.7 Å². The van der Waals surface area contributed by atoms with Crippen molar-refractivity contribution in [2.45, 2.75) is 258 Å². The molecule has 0 aromatic rings. The zero-order valence-electron chi connectivity index (χ0n) is 39.8. The molecule has 0 radical (unpaired) electrons. The van der Waals surface area contributed by atoms with Gasteiger partial charge >= 0.3 is 19.8 Å². The van der Waals surface area contributed by atoms with Gasteiger partial charge in [0.05, 0.1) is 27.7 Å². The second-order valence-corrected chi connectivity index (χ2v) is 20.0. The second kappa shape index (κ2) is 42.3. The number of rotatable bonds is 47. The fraction of sp³-hybridized carbons (Fsp3) is 0.959. The van der Waals surface area contributed by atoms with Gasteiger partial charge in [-0.15, -0.1) is 0 Å². The van der Waals surface area contributed by atoms with Gasteiger partial charge in [-0.05, 0) is 12.8 Å². The summed E-state index contributed by atoms with van der Waals surface area (Å²) in [6, 6.07) is 0. The van der Waals surface area contributed by atoms with Crippen molar-refractivity contribution in [3.05, 3.63) is 0 Å². The van der Waals surface area contributed by atoms with E-state index in [0.717, 1.165) is 38.5 Å². The molecule has 0 aliphatic rings. The van der Waals surface area contributed by atoms with Crippen LogP contribution in [0.2, 0.25) is 0 Å². The van der Waals surface area contributed by atoms with E-state index in [1.165, 1.54) is 186 Å². The summed E-state index contributed by atoms with van der Waals surface area (Å²) in [4.78, 5) is 35.3. The molecule has 10 heteroatoms. The average Bonchev–Trinajstić information content (AvgIpc) is 3.19. The van der Waals surface area contributed by atoms with Gasteiger partial charge in [0.25, 0.3) is 0 Å². The maximum atomic E-state index is 12.7. The molecule has 2 unspecified atom stereocenters. The lowest BCUT2D eigenvalue weighted by Crippen LogP contribution is -2.37. The molecule has 0 aromatic carbocycles. The van der Waals surface area contributed by atoms with E-state index < -0.39 is 26.5 Å². The van der Waals surface area contributed by atoms with Gasteiger partial charge in [-0.1, -0.05) is 226 Å². The molecule has 0 aliphatic heterocycles. The normalized spacial score (nSPS) is 13.4. The third-order valence-electron chi connectivity index (χ3n) is 11.4. The van der Waals surface area contributed by atoms with Crippen LogP contribution in [0.15, 0.2) is 0 Å². The van der Waals surface area contributed by atoms with Crippen molar-refractivity contribution in [2.75, 3.05) is 47.5 Å². The van der Waals surface area contributed by atoms with Crippen molar-refractivity contribution >= 4 is 19.8 Å². The first-order valence-electron chi connectivity index (χ1n) is 25.3. The Morgan fingerprint density at radius 3 is 1.08 bits per heavy atom. The highest BCUT2D eigenvalue weighted by atomic mass is 31.2. The Bertz CT molecular complexity index is 974. The van der Waals surface area contributed by atoms with Crippen molar-refractivity contribution in [2.24, 2.45) is 0 Å². The van der Waals surface area contributed by atoms with Crippen LogP contribution in [0.3, 0.4) is 0 Å². The van der Waals surface area contributed by atoms with Crippen molar-refractivity contribution in [3.63, 3.8) is 0 Å². The van der Waals surface area contributed by atoms with Gasteiger partial charge in [-0.25, -0.2) is 4.57 Å². The lowest BCUT2D eigenvalue weighted by molar-refractivity contribution is -0.870. The van der Waals surface area contributed by atoms with Crippen molar-refractivity contribution in [1.29, 1.82) is 0 Å². The number of likely N-dealkylation sites (N-methyl/N-ethyl adjacent to an activating group) is 1. The van der Waals surface area contributed by atoms with Gasteiger partial charge in [-0.2, -0.15) is 0 Å². The monoisotopic (exact) mass is 861 g/mol. The van der Waals surface area contributed by atoms with E-state index in [9.17, 15) is 19.0 Å². The first kappa shape index (κ1) is 58.0. The van der Waals surface area contributed by atoms with E-state index >= 15 is 0 Å². The minimum atomic E-state index is -4.37. The van der Waals surface area contributed by atoms with Crippen molar-refractivity contribution in [3.8, 4) is 0 Å². The van der Waals surface area contributed by atoms with E-state index in [2.05, 4.69) is 13.8 Å². The fourth-order valence-electron chi connectivity index (χ4n) is 7.43. The number of nitrogens with zero attached hydrogens (tertiary/aromatic N) is 1. The molecule has 1 N–H and O–H groups in total. The summed E-state index contributed by atoms with van der Waals surface area (Å²) >= 11 is 0. The van der Waals surface area contributed by atoms with Crippen molar-refractivity contribution < 1.29 is 42.1 Å². The van der Waals surface area contributed by atoms with Crippen LogP contribution in [-0.4, -0.2) is 74.9 Å². The van der Waals surface area contributed by atoms with Crippen LogP contribution < -0.4 is 0 Å². The van der Waals surface area contributed by atoms with Gasteiger partial charge in [0.2, 0.25) is 0 Å². The van der Waals surface area contributed by atoms with Gasteiger partial charge in [-0.3, -0.25) is 18.6 Å². The first-order valence-corrected chi connectivity index (χ1v) is 26.8. The minimum absolute atomic E-state index is 0.0368. The summed E-state index contributed by atoms with van der Waals surface area (Å²) in [5.41, 5.74) is 0. The molecule has 352 valence electrons. The Balaban J connectivity index is 4.03. The van der Waals surface area contributed by atoms with Gasteiger partial charge in [0.15, 0.2) is 6.10 Å². The Morgan fingerprint density at radius 1 is 0.458 bits per heavy atom. The van der Waals surface area contributed by atoms with Crippen LogP contribution >= 0.6 is 7.82 Å². The number of phosphoric acid groups is 1. The maximum Gasteiger partial charge on any atom is 0.472 e. The predicted octanol–water partition coefficient (Wildman–Crippen LogP) is 14.8. The summed E-state index contributed by atoms with van der Waals surface area (Å²) in [6.45, 7) is 4.45. The molecule has 0 heterocycles. The summed E-state index contributed by atoms with van der Waals surface area (Å²) in [6.07, 6.45) is 44.6. The zero-order valence-corrected chi connectivity index (χ0v) is 40.7. The molecule has 0 bridgehead atoms. The summed E-state index contributed by atoms with van der Waals surface area (Å²) in [5.74, 6) is -0.785. The lowest BCUT2D eigenvalue weighted by Gasteiger charge is -2.24. The predicted molar refractivity (Wildman–Crippen MR) is 248 cm³/mol. The van der Waals surface area contributed by atoms with Crippen LogP contribution in [0.5, 0.6) is 0 Å². The molecule has 0 fully saturated rings. The standard InChI is InChI=1S/C49H98NO8P/c1-6-8-10-12-14-16-17-18-19-20-21-22-23-24-25-26-27-28-29-30-31-32-34-36-38-40-42-49(52)58-47(46-57-59(53,54)56-44-43-50(3,4)5)45-55-48(51)41-39-37-35-33-15-13-11-9-7-2/h47H,6-46H2,1-5H3/p+1. The first-order chi connectivity index (χ1) is 28.5. The fourth-order valence-corrected chi connectivity index (χ4v) is 8.17. The average molecular weight is 861 g/mol. The van der Waals surface area contributed by atoms with E-state index in [1.807, 2.05) is 21.1 Å². The largest absolute Gasteiger partial charge is 0.472 e. The molecule has 59 heavy (non-hydrogen) atoms. The number of unbranched alkanes of at least 4 members (excludes halogenated alkanes) is 33. The SMILES string of the molecule is CCCCCCCCCCCCCCCCCCCCCCCCCCCCC(=O)OC(COC(=O)CCCCCCCCCCC)COP(=O)(O)OCC[N+](C)(C)C. The number of carbonyl (C=O) groups is 2. The molecule has 2 atom stereocenters. The molecule has 0 saturated carbocycles. The summed E-state index contributed by atoms with van der Waals surface area (Å²) < 4.78 is 34.3. The zero-order chi connectivity index (χ0) is 43.6. The van der Waals surface area contributed by atoms with Gasteiger partial charge < -0.3 is 18.9 Å². The highest BCUT2D eigenvalue weighted by Crippen LogP contribution is 2.43. The molecule has 0 amide bonds. The number of hydrogen-bond acceptors (Lipinski definition) is 7. The number of phosphoric ester groups is 1. The third kappa shape index (κ3) is 46.3. The topological polar surface area (TPSA) is 108 Å². The van der Waals surface area contributed by atoms with E-state index in [-0.39, 0.29) is 25.6 Å². The number of hydrogen-bond donors (Lipinski definition) is 1. The van der Waals surface area contributed by atoms with Crippen LogP contribution in [0.4, 0.5) is 0 Å². The number of esters is 2. The smallest absolute Gasteiger partial charge is 0.462 e. The van der Waals surface area contributed by atoms with E-state index in [4.69, 9.17) is 18.5 Å². The molecular formula is C49H99NO8P+. The Kier molecular flexibility index (Phi) is 41.6. The minimum Gasteiger partial charge on any atom is -0.462 e. The van der Waals surface area contributed by atoms with E-state index in [1.54, 1.807) is 0 Å². The Labute approximate surface area is 365 Å². The second-order valence-electron chi connectivity index (χ2n) is 18.6. The molecular weight excluding hydrogens is 762 g/mol. The highest BCUT2D eigenvalue weighted by Gasteiger charge is 2.27. The molecule has 0 aromatic heterocycles. The van der Waals surface area contributed by atoms with Crippen molar-refractivity contribution in [1.82, 2.24) is 0 Å². The van der Waals surface area contributed by atoms with Crippen LogP contribution in [0, 0.1) is 0 Å². The Hall–Kier alpha value is -0.990. The molecule has 0 saturated heterocycles. The summed E-state index contributed by atoms with van der Waals surface area (Å²) in [5, 5.41) is 0. The maximum absolute atomic E-state index is 12.7. The lowest BCUT2D eigenvalue weighted by atomic mass is 10.0. The molecule has 0 aliphatic carbocycles. The highest BCUT2D eigenvalue weighted by molar-refractivity contribution is 7.47. The number of ether oxygens (including phenoxy) is 2. The number of quaternary nitrogens is 1. The van der Waals surface area contributed by atoms with Crippen LogP contribution in [0.25, 0.3) is 0 Å². The van der Waals surface area contributed by atoms with Gasteiger partial charge in [0.1, 0.15) is 19.8 Å². The molecule has 0 rings (SSSR count). The van der Waals surface area contributed by atoms with Gasteiger partial charge in [0, 0.05) is 12.8 Å². The molecule has 0 spiro atoms. The summed E-state index contributed by atoms with van der Waals surface area (Å²) in [7, 11) is 1.49. The third-order valence-corrected chi connectivity index (χ3v) is 12.4. The molecule has 9 nitrogen and oxygen atoms in total. The van der Waals surface area contributed by atoms with Crippen LogP contribution in [0.1, 0.15) is 251 Å². The Morgan fingerprint density at radius 2 is 0.763 bits per heavy atom. The number of carbonyl (C=O) groups excluding carboxylic acids is 2. The quantitative estimate of drug-likeness (QED) is 0.0279. The van der Waals surface area contributed by atoms with E-state index in [0.29, 0.717) is 17.4 Å².